The highest BCUT2D eigenvalue weighted by atomic mass is 15.4. The zero-order valence-corrected chi connectivity index (χ0v) is 22.9. The lowest BCUT2D eigenvalue weighted by molar-refractivity contribution is 0.321. The molecule has 3 heterocycles. The zero-order chi connectivity index (χ0) is 26.9. The number of benzene rings is 1. The van der Waals surface area contributed by atoms with Gasteiger partial charge in [0.25, 0.3) is 0 Å². The predicted molar refractivity (Wildman–Crippen MR) is 157 cm³/mol. The van der Waals surface area contributed by atoms with Gasteiger partial charge in [0.15, 0.2) is 5.82 Å². The van der Waals surface area contributed by atoms with Gasteiger partial charge in [-0.05, 0) is 105 Å². The second kappa shape index (κ2) is 11.0. The second-order valence-electron chi connectivity index (χ2n) is 11.5. The summed E-state index contributed by atoms with van der Waals surface area (Å²) in [5.74, 6) is 1.30. The lowest BCUT2D eigenvalue weighted by Crippen LogP contribution is -2.39. The molecular weight excluding hydrogens is 498 g/mol. The molecule has 1 saturated carbocycles. The van der Waals surface area contributed by atoms with Gasteiger partial charge in [0.2, 0.25) is 11.9 Å². The molecule has 1 fully saturated rings. The molecule has 0 radical (unpaired) electrons. The van der Waals surface area contributed by atoms with Crippen LogP contribution in [0.4, 0.5) is 17.6 Å². The van der Waals surface area contributed by atoms with Crippen LogP contribution in [-0.2, 0) is 25.7 Å². The van der Waals surface area contributed by atoms with Crippen LogP contribution >= 0.6 is 0 Å². The Bertz CT molecular complexity index is 1500. The van der Waals surface area contributed by atoms with Crippen molar-refractivity contribution in [3.05, 3.63) is 65.0 Å². The van der Waals surface area contributed by atoms with E-state index in [0.717, 1.165) is 60.3 Å². The number of nitrogens with zero attached hydrogens (tertiary/aromatic N) is 6. The fraction of sp³-hybridized carbons (Fsp3) is 0.452. The standard InChI is InChI=1S/C31H37N9/c32-30-36-31(39-40(30)28-19-22-6-4-10-27-26(9-5-17-33-27)29(22)38-37-28)35-25-16-12-20-11-14-24(15-13-21(20)18-25)34-23-7-2-1-3-8-23/h5,9,12,16-19,23-24,34H,1-4,6-8,10-11,13-15H2,(H3,32,35,36,39)/t24-/m0/s1. The van der Waals surface area contributed by atoms with Gasteiger partial charge >= 0.3 is 0 Å². The molecule has 0 amide bonds. The number of nitrogens with one attached hydrogen (secondary N) is 2. The van der Waals surface area contributed by atoms with Gasteiger partial charge in [0.05, 0.1) is 5.69 Å². The second-order valence-corrected chi connectivity index (χ2v) is 11.5. The van der Waals surface area contributed by atoms with E-state index in [1.807, 2.05) is 18.3 Å². The van der Waals surface area contributed by atoms with E-state index in [0.29, 0.717) is 23.8 Å². The van der Waals surface area contributed by atoms with E-state index in [9.17, 15) is 0 Å². The van der Waals surface area contributed by atoms with Gasteiger partial charge in [-0.1, -0.05) is 25.3 Å². The number of rotatable bonds is 5. The first-order valence-corrected chi connectivity index (χ1v) is 14.9. The van der Waals surface area contributed by atoms with Crippen LogP contribution in [0.25, 0.3) is 17.1 Å². The third-order valence-electron chi connectivity index (χ3n) is 8.78. The van der Waals surface area contributed by atoms with E-state index < -0.39 is 0 Å². The number of nitrogen functional groups attached to an aromatic ring is 1. The molecule has 3 aromatic heterocycles. The molecule has 4 aromatic rings. The maximum absolute atomic E-state index is 6.30. The average molecular weight is 536 g/mol. The average Bonchev–Trinajstić information content (AvgIpc) is 3.12. The number of nitrogens with two attached hydrogens (primary N) is 1. The summed E-state index contributed by atoms with van der Waals surface area (Å²) in [6.07, 6.45) is 16.1. The van der Waals surface area contributed by atoms with Gasteiger partial charge in [-0.3, -0.25) is 4.98 Å². The summed E-state index contributed by atoms with van der Waals surface area (Å²) < 4.78 is 1.57. The molecule has 0 aliphatic heterocycles. The predicted octanol–water partition coefficient (Wildman–Crippen LogP) is 5.10. The third kappa shape index (κ3) is 5.18. The van der Waals surface area contributed by atoms with Crippen molar-refractivity contribution in [3.8, 4) is 17.1 Å². The maximum atomic E-state index is 6.30. The van der Waals surface area contributed by atoms with Crippen molar-refractivity contribution in [1.82, 2.24) is 35.3 Å². The summed E-state index contributed by atoms with van der Waals surface area (Å²) >= 11 is 0. The summed E-state index contributed by atoms with van der Waals surface area (Å²) in [7, 11) is 0. The van der Waals surface area contributed by atoms with Crippen molar-refractivity contribution in [2.45, 2.75) is 89.1 Å². The van der Waals surface area contributed by atoms with E-state index >= 15 is 0 Å². The van der Waals surface area contributed by atoms with Crippen LogP contribution in [0.1, 0.15) is 73.8 Å². The maximum Gasteiger partial charge on any atom is 0.248 e. The fourth-order valence-corrected chi connectivity index (χ4v) is 6.67. The quantitative estimate of drug-likeness (QED) is 0.302. The monoisotopic (exact) mass is 535 g/mol. The van der Waals surface area contributed by atoms with Gasteiger partial charge in [-0.25, -0.2) is 0 Å². The molecule has 0 bridgehead atoms. The van der Waals surface area contributed by atoms with E-state index in [2.05, 4.69) is 60.2 Å². The Morgan fingerprint density at radius 3 is 2.55 bits per heavy atom. The van der Waals surface area contributed by atoms with Crippen LogP contribution in [0.5, 0.6) is 0 Å². The number of aromatic nitrogens is 6. The summed E-state index contributed by atoms with van der Waals surface area (Å²) in [4.78, 5) is 9.04. The van der Waals surface area contributed by atoms with Crippen LogP contribution in [0.15, 0.2) is 42.6 Å². The molecule has 206 valence electrons. The van der Waals surface area contributed by atoms with Crippen LogP contribution < -0.4 is 16.4 Å². The first kappa shape index (κ1) is 25.1. The third-order valence-corrected chi connectivity index (χ3v) is 8.78. The minimum absolute atomic E-state index is 0.277. The lowest BCUT2D eigenvalue weighted by atomic mass is 9.94. The van der Waals surface area contributed by atoms with Crippen molar-refractivity contribution in [2.24, 2.45) is 0 Å². The molecule has 0 unspecified atom stereocenters. The Morgan fingerprint density at radius 2 is 1.65 bits per heavy atom. The van der Waals surface area contributed by atoms with Gasteiger partial charge in [-0.2, -0.15) is 9.67 Å². The molecule has 0 saturated heterocycles. The summed E-state index contributed by atoms with van der Waals surface area (Å²) in [6, 6.07) is 14.0. The first-order chi connectivity index (χ1) is 19.7. The Morgan fingerprint density at radius 1 is 0.800 bits per heavy atom. The molecular formula is C31H37N9. The van der Waals surface area contributed by atoms with Gasteiger partial charge in [0.1, 0.15) is 0 Å². The summed E-state index contributed by atoms with van der Waals surface area (Å²) in [5, 5.41) is 21.0. The molecule has 3 aliphatic carbocycles. The lowest BCUT2D eigenvalue weighted by Gasteiger charge is -2.28. The van der Waals surface area contributed by atoms with Crippen molar-refractivity contribution in [1.29, 1.82) is 0 Å². The molecule has 1 aromatic carbocycles. The highest BCUT2D eigenvalue weighted by Crippen LogP contribution is 2.31. The Balaban J connectivity index is 1.06. The molecule has 9 heteroatoms. The number of hydrogen-bond donors (Lipinski definition) is 3. The smallest absolute Gasteiger partial charge is 0.248 e. The van der Waals surface area contributed by atoms with Crippen molar-refractivity contribution in [3.63, 3.8) is 0 Å². The van der Waals surface area contributed by atoms with Crippen LogP contribution in [0.2, 0.25) is 0 Å². The molecule has 40 heavy (non-hydrogen) atoms. The van der Waals surface area contributed by atoms with E-state index in [-0.39, 0.29) is 5.95 Å². The molecule has 0 spiro atoms. The summed E-state index contributed by atoms with van der Waals surface area (Å²) in [5.41, 5.74) is 14.3. The minimum Gasteiger partial charge on any atom is -0.368 e. The highest BCUT2D eigenvalue weighted by molar-refractivity contribution is 5.67. The van der Waals surface area contributed by atoms with E-state index in [1.165, 1.54) is 56.1 Å². The largest absolute Gasteiger partial charge is 0.368 e. The zero-order valence-electron chi connectivity index (χ0n) is 22.9. The SMILES string of the molecule is Nc1nc(Nc2ccc3c(c2)CC[C@@H](NC2CCCCC2)CC3)nn1-c1cc2c(nn1)-c1cccnc1CCC2. The van der Waals surface area contributed by atoms with Gasteiger partial charge in [0, 0.05) is 35.2 Å². The Hall–Kier alpha value is -3.85. The number of aryl methyl sites for hydroxylation is 4. The topological polar surface area (TPSA) is 119 Å². The van der Waals surface area contributed by atoms with Crippen molar-refractivity contribution >= 4 is 17.6 Å². The Kier molecular flexibility index (Phi) is 6.89. The minimum atomic E-state index is 0.277. The molecule has 4 N–H and O–H groups in total. The van der Waals surface area contributed by atoms with Crippen LogP contribution in [-0.4, -0.2) is 42.0 Å². The number of pyridine rings is 1. The number of anilines is 3. The van der Waals surface area contributed by atoms with Gasteiger partial charge < -0.3 is 16.4 Å². The normalized spacial score (nSPS) is 19.1. The van der Waals surface area contributed by atoms with Crippen molar-refractivity contribution in [2.75, 3.05) is 11.1 Å². The first-order valence-electron chi connectivity index (χ1n) is 14.9. The van der Waals surface area contributed by atoms with Crippen molar-refractivity contribution < 1.29 is 0 Å². The molecule has 3 aliphatic rings. The van der Waals surface area contributed by atoms with Crippen LogP contribution in [0, 0.1) is 0 Å². The molecule has 1 atom stereocenters. The van der Waals surface area contributed by atoms with E-state index in [4.69, 9.17) is 5.73 Å². The molecule has 9 nitrogen and oxygen atoms in total. The van der Waals surface area contributed by atoms with E-state index in [1.54, 1.807) is 4.68 Å². The fourth-order valence-electron chi connectivity index (χ4n) is 6.67. The summed E-state index contributed by atoms with van der Waals surface area (Å²) in [6.45, 7) is 0. The highest BCUT2D eigenvalue weighted by Gasteiger charge is 2.22. The Labute approximate surface area is 235 Å². The molecule has 7 rings (SSSR count). The number of hydrogen-bond acceptors (Lipinski definition) is 8. The van der Waals surface area contributed by atoms with Crippen LogP contribution in [0.3, 0.4) is 0 Å². The van der Waals surface area contributed by atoms with Gasteiger partial charge in [-0.15, -0.1) is 15.3 Å². The number of fused-ring (bicyclic) bond motifs is 4.